The molecular formula is C18H20N4OS2. The number of nitrogens with one attached hydrogen (secondary N) is 1. The number of hydrogen-bond acceptors (Lipinski definition) is 5. The van der Waals surface area contributed by atoms with E-state index in [4.69, 9.17) is 0 Å². The zero-order valence-electron chi connectivity index (χ0n) is 14.3. The second-order valence-electron chi connectivity index (χ2n) is 5.87. The molecule has 0 radical (unpaired) electrons. The molecule has 0 aliphatic carbocycles. The molecule has 1 amide bonds. The summed E-state index contributed by atoms with van der Waals surface area (Å²) in [4.78, 5) is 17.1. The van der Waals surface area contributed by atoms with E-state index in [0.717, 1.165) is 21.4 Å². The number of hydrogen-bond donors (Lipinski definition) is 1. The second-order valence-corrected chi connectivity index (χ2v) is 8.31. The Kier molecular flexibility index (Phi) is 5.55. The number of amides is 1. The SMILES string of the molecule is CC(C)n1nccc1NC(=O)[C@@H](C)Sc1nc(-c2ccccc2)cs1. The number of anilines is 1. The first kappa shape index (κ1) is 17.7. The van der Waals surface area contributed by atoms with Gasteiger partial charge in [-0.3, -0.25) is 4.79 Å². The monoisotopic (exact) mass is 372 g/mol. The van der Waals surface area contributed by atoms with E-state index in [1.54, 1.807) is 22.2 Å². The van der Waals surface area contributed by atoms with E-state index >= 15 is 0 Å². The smallest absolute Gasteiger partial charge is 0.238 e. The number of thiazole rings is 1. The molecule has 3 rings (SSSR count). The zero-order valence-corrected chi connectivity index (χ0v) is 16.0. The normalized spacial score (nSPS) is 12.3. The number of carbonyl (C=O) groups is 1. The van der Waals surface area contributed by atoms with Crippen molar-refractivity contribution in [3.63, 3.8) is 0 Å². The fourth-order valence-corrected chi connectivity index (χ4v) is 4.28. The maximum absolute atomic E-state index is 12.5. The number of carbonyl (C=O) groups excluding carboxylic acids is 1. The summed E-state index contributed by atoms with van der Waals surface area (Å²) in [5.41, 5.74) is 2.03. The van der Waals surface area contributed by atoms with Gasteiger partial charge in [-0.15, -0.1) is 11.3 Å². The first-order valence-electron chi connectivity index (χ1n) is 8.06. The van der Waals surface area contributed by atoms with Crippen LogP contribution < -0.4 is 5.32 Å². The van der Waals surface area contributed by atoms with Crippen molar-refractivity contribution in [1.82, 2.24) is 14.8 Å². The van der Waals surface area contributed by atoms with Gasteiger partial charge >= 0.3 is 0 Å². The molecule has 25 heavy (non-hydrogen) atoms. The highest BCUT2D eigenvalue weighted by Gasteiger charge is 2.18. The van der Waals surface area contributed by atoms with Gasteiger partial charge in [0.15, 0.2) is 4.34 Å². The lowest BCUT2D eigenvalue weighted by atomic mass is 10.2. The van der Waals surface area contributed by atoms with Crippen molar-refractivity contribution in [3.05, 3.63) is 48.0 Å². The summed E-state index contributed by atoms with van der Waals surface area (Å²) in [5.74, 6) is 0.667. The van der Waals surface area contributed by atoms with E-state index in [1.807, 2.05) is 62.5 Å². The minimum absolute atomic E-state index is 0.0520. The maximum atomic E-state index is 12.5. The van der Waals surface area contributed by atoms with Gasteiger partial charge in [0.25, 0.3) is 0 Å². The van der Waals surface area contributed by atoms with Crippen molar-refractivity contribution >= 4 is 34.8 Å². The van der Waals surface area contributed by atoms with Gasteiger partial charge < -0.3 is 5.32 Å². The van der Waals surface area contributed by atoms with E-state index in [1.165, 1.54) is 11.8 Å². The predicted molar refractivity (Wildman–Crippen MR) is 104 cm³/mol. The Hall–Kier alpha value is -2.12. The van der Waals surface area contributed by atoms with Gasteiger partial charge in [-0.2, -0.15) is 5.10 Å². The Labute approximate surface area is 155 Å². The number of benzene rings is 1. The Bertz CT molecular complexity index is 842. The fraction of sp³-hybridized carbons (Fsp3) is 0.278. The van der Waals surface area contributed by atoms with Gasteiger partial charge in [0.2, 0.25) is 5.91 Å². The first-order valence-corrected chi connectivity index (χ1v) is 9.82. The van der Waals surface area contributed by atoms with Crippen molar-refractivity contribution in [2.24, 2.45) is 0 Å². The molecule has 0 spiro atoms. The minimum atomic E-state index is -0.245. The van der Waals surface area contributed by atoms with Gasteiger partial charge in [-0.05, 0) is 20.8 Å². The summed E-state index contributed by atoms with van der Waals surface area (Å²) >= 11 is 3.03. The topological polar surface area (TPSA) is 59.8 Å². The predicted octanol–water partition coefficient (Wildman–Crippen LogP) is 4.71. The van der Waals surface area contributed by atoms with Crippen LogP contribution in [0.15, 0.2) is 52.3 Å². The molecule has 2 aromatic heterocycles. The number of thioether (sulfide) groups is 1. The van der Waals surface area contributed by atoms with Crippen molar-refractivity contribution in [2.75, 3.05) is 5.32 Å². The highest BCUT2D eigenvalue weighted by Crippen LogP contribution is 2.31. The number of nitrogens with zero attached hydrogens (tertiary/aromatic N) is 3. The molecule has 0 unspecified atom stereocenters. The lowest BCUT2D eigenvalue weighted by molar-refractivity contribution is -0.115. The molecule has 130 valence electrons. The highest BCUT2D eigenvalue weighted by molar-refractivity contribution is 8.02. The molecule has 0 aliphatic rings. The molecule has 0 fully saturated rings. The van der Waals surface area contributed by atoms with Crippen LogP contribution in [-0.2, 0) is 4.79 Å². The van der Waals surface area contributed by atoms with Crippen LogP contribution in [0.5, 0.6) is 0 Å². The number of rotatable bonds is 6. The van der Waals surface area contributed by atoms with Crippen molar-refractivity contribution in [3.8, 4) is 11.3 Å². The molecule has 5 nitrogen and oxygen atoms in total. The van der Waals surface area contributed by atoms with Crippen molar-refractivity contribution in [1.29, 1.82) is 0 Å². The molecule has 0 saturated carbocycles. The molecule has 0 aliphatic heterocycles. The Morgan fingerprint density at radius 2 is 1.96 bits per heavy atom. The second kappa shape index (κ2) is 7.84. The third kappa shape index (κ3) is 4.29. The van der Waals surface area contributed by atoms with Crippen molar-refractivity contribution in [2.45, 2.75) is 36.4 Å². The average Bonchev–Trinajstić information content (AvgIpc) is 3.25. The van der Waals surface area contributed by atoms with E-state index < -0.39 is 0 Å². The molecule has 7 heteroatoms. The standard InChI is InChI=1S/C18H20N4OS2/c1-12(2)22-16(9-10-19-22)21-17(23)13(3)25-18-20-15(11-24-18)14-7-5-4-6-8-14/h4-13H,1-3H3,(H,21,23)/t13-/m1/s1. The highest BCUT2D eigenvalue weighted by atomic mass is 32.2. The van der Waals surface area contributed by atoms with Gasteiger partial charge in [0.05, 0.1) is 17.1 Å². The molecule has 1 aromatic carbocycles. The zero-order chi connectivity index (χ0) is 17.8. The van der Waals surface area contributed by atoms with Crippen molar-refractivity contribution < 1.29 is 4.79 Å². The van der Waals surface area contributed by atoms with Crippen LogP contribution in [0.4, 0.5) is 5.82 Å². The number of aromatic nitrogens is 3. The molecule has 1 N–H and O–H groups in total. The van der Waals surface area contributed by atoms with E-state index in [2.05, 4.69) is 15.4 Å². The van der Waals surface area contributed by atoms with Crippen LogP contribution in [0.3, 0.4) is 0 Å². The van der Waals surface area contributed by atoms with Crippen LogP contribution in [0.1, 0.15) is 26.8 Å². The summed E-state index contributed by atoms with van der Waals surface area (Å²) < 4.78 is 2.69. The van der Waals surface area contributed by atoms with Gasteiger partial charge in [-0.1, -0.05) is 42.1 Å². The van der Waals surface area contributed by atoms with Gasteiger partial charge in [-0.25, -0.2) is 9.67 Å². The summed E-state index contributed by atoms with van der Waals surface area (Å²) in [6.07, 6.45) is 1.69. The van der Waals surface area contributed by atoms with Crippen LogP contribution >= 0.6 is 23.1 Å². The summed E-state index contributed by atoms with van der Waals surface area (Å²) in [7, 11) is 0. The van der Waals surface area contributed by atoms with Crippen LogP contribution in [0.2, 0.25) is 0 Å². The summed E-state index contributed by atoms with van der Waals surface area (Å²) in [6.45, 7) is 5.95. The lowest BCUT2D eigenvalue weighted by Gasteiger charge is -2.14. The molecule has 0 saturated heterocycles. The molecule has 1 atom stereocenters. The summed E-state index contributed by atoms with van der Waals surface area (Å²) in [5, 5.41) is 8.96. The molecule has 0 bridgehead atoms. The maximum Gasteiger partial charge on any atom is 0.238 e. The average molecular weight is 373 g/mol. The minimum Gasteiger partial charge on any atom is -0.310 e. The van der Waals surface area contributed by atoms with E-state index in [0.29, 0.717) is 0 Å². The van der Waals surface area contributed by atoms with Crippen LogP contribution in [0.25, 0.3) is 11.3 Å². The Morgan fingerprint density at radius 3 is 2.68 bits per heavy atom. The molecular weight excluding hydrogens is 352 g/mol. The Morgan fingerprint density at radius 1 is 1.20 bits per heavy atom. The van der Waals surface area contributed by atoms with E-state index in [9.17, 15) is 4.79 Å². The first-order chi connectivity index (χ1) is 12.0. The van der Waals surface area contributed by atoms with Gasteiger partial charge in [0, 0.05) is 23.1 Å². The summed E-state index contributed by atoms with van der Waals surface area (Å²) in [6, 6.07) is 12.1. The lowest BCUT2D eigenvalue weighted by Crippen LogP contribution is -2.24. The largest absolute Gasteiger partial charge is 0.310 e. The molecule has 2 heterocycles. The quantitative estimate of drug-likeness (QED) is 0.637. The van der Waals surface area contributed by atoms with Gasteiger partial charge in [0.1, 0.15) is 5.82 Å². The van der Waals surface area contributed by atoms with Crippen LogP contribution in [0, 0.1) is 0 Å². The third-order valence-electron chi connectivity index (χ3n) is 3.61. The fourth-order valence-electron chi connectivity index (χ4n) is 2.31. The third-order valence-corrected chi connectivity index (χ3v) is 5.68. The van der Waals surface area contributed by atoms with E-state index in [-0.39, 0.29) is 17.2 Å². The van der Waals surface area contributed by atoms with Crippen LogP contribution in [-0.4, -0.2) is 25.9 Å². The Balaban J connectivity index is 1.64. The molecule has 3 aromatic rings.